The zero-order valence-electron chi connectivity index (χ0n) is 15.6. The van der Waals surface area contributed by atoms with Gasteiger partial charge in [0.05, 0.1) is 11.1 Å². The Morgan fingerprint density at radius 2 is 2.00 bits per heavy atom. The number of para-hydroxylation sites is 1. The number of hydrogen-bond donors (Lipinski definition) is 0. The van der Waals surface area contributed by atoms with Gasteiger partial charge < -0.3 is 9.80 Å². The van der Waals surface area contributed by atoms with Gasteiger partial charge in [0.25, 0.3) is 5.91 Å². The minimum atomic E-state index is -0.256. The van der Waals surface area contributed by atoms with Crippen molar-refractivity contribution in [3.05, 3.63) is 54.7 Å². The van der Waals surface area contributed by atoms with Crippen LogP contribution in [-0.4, -0.2) is 51.8 Å². The van der Waals surface area contributed by atoms with Gasteiger partial charge in [0.1, 0.15) is 5.69 Å². The highest BCUT2D eigenvalue weighted by Crippen LogP contribution is 2.37. The smallest absolute Gasteiger partial charge is 0.272 e. The van der Waals surface area contributed by atoms with E-state index in [9.17, 15) is 9.59 Å². The van der Waals surface area contributed by atoms with Gasteiger partial charge in [-0.05, 0) is 37.8 Å². The molecule has 140 valence electrons. The number of fused-ring (bicyclic) bond motifs is 1. The molecule has 2 aliphatic heterocycles. The number of nitrogens with zero attached hydrogens (tertiary/aromatic N) is 3. The molecule has 4 rings (SSSR count). The van der Waals surface area contributed by atoms with Crippen LogP contribution in [-0.2, 0) is 4.79 Å². The molecule has 27 heavy (non-hydrogen) atoms. The molecular formula is C22H25N3O2. The maximum atomic E-state index is 13.2. The van der Waals surface area contributed by atoms with Crippen molar-refractivity contribution in [2.75, 3.05) is 19.6 Å². The number of carbonyl (C=O) groups excluding carboxylic acids is 2. The van der Waals surface area contributed by atoms with Crippen LogP contribution in [0.4, 0.5) is 0 Å². The monoisotopic (exact) mass is 363 g/mol. The van der Waals surface area contributed by atoms with Crippen LogP contribution in [0.25, 0.3) is 10.9 Å². The van der Waals surface area contributed by atoms with Crippen LogP contribution in [0.2, 0.25) is 0 Å². The lowest BCUT2D eigenvalue weighted by molar-refractivity contribution is -0.143. The summed E-state index contributed by atoms with van der Waals surface area (Å²) in [5.74, 6) is 0.135. The SMILES string of the molecule is C=CCN1C(=O)CCCC12CCCN(C(=O)c1ccc3ccccc3n1)C2. The minimum absolute atomic E-state index is 0.0450. The van der Waals surface area contributed by atoms with E-state index in [0.29, 0.717) is 31.7 Å². The van der Waals surface area contributed by atoms with Gasteiger partial charge in [-0.15, -0.1) is 6.58 Å². The summed E-state index contributed by atoms with van der Waals surface area (Å²) in [4.78, 5) is 34.1. The summed E-state index contributed by atoms with van der Waals surface area (Å²) in [5.41, 5.74) is 1.05. The van der Waals surface area contributed by atoms with Crippen molar-refractivity contribution in [2.24, 2.45) is 0 Å². The molecule has 0 saturated carbocycles. The molecule has 0 aliphatic carbocycles. The second-order valence-corrected chi connectivity index (χ2v) is 7.59. The van der Waals surface area contributed by atoms with Crippen molar-refractivity contribution in [3.8, 4) is 0 Å². The maximum absolute atomic E-state index is 13.2. The molecule has 2 fully saturated rings. The zero-order chi connectivity index (χ0) is 18.9. The molecule has 3 heterocycles. The van der Waals surface area contributed by atoms with Gasteiger partial charge in [-0.3, -0.25) is 9.59 Å². The number of hydrogen-bond acceptors (Lipinski definition) is 3. The number of carbonyl (C=O) groups is 2. The van der Waals surface area contributed by atoms with E-state index in [-0.39, 0.29) is 17.4 Å². The van der Waals surface area contributed by atoms with Crippen molar-refractivity contribution < 1.29 is 9.59 Å². The van der Waals surface area contributed by atoms with Gasteiger partial charge in [-0.2, -0.15) is 0 Å². The fourth-order valence-electron chi connectivity index (χ4n) is 4.58. The summed E-state index contributed by atoms with van der Waals surface area (Å²) < 4.78 is 0. The van der Waals surface area contributed by atoms with Crippen molar-refractivity contribution in [2.45, 2.75) is 37.6 Å². The largest absolute Gasteiger partial charge is 0.335 e. The first kappa shape index (κ1) is 17.7. The molecule has 1 atom stereocenters. The van der Waals surface area contributed by atoms with E-state index in [0.717, 1.165) is 36.6 Å². The van der Waals surface area contributed by atoms with Crippen LogP contribution in [0, 0.1) is 0 Å². The molecule has 2 aliphatic rings. The quantitative estimate of drug-likeness (QED) is 0.786. The maximum Gasteiger partial charge on any atom is 0.272 e. The number of benzene rings is 1. The van der Waals surface area contributed by atoms with Gasteiger partial charge in [0, 0.05) is 31.4 Å². The molecule has 0 N–H and O–H groups in total. The van der Waals surface area contributed by atoms with Crippen LogP contribution in [0.1, 0.15) is 42.6 Å². The fourth-order valence-corrected chi connectivity index (χ4v) is 4.58. The van der Waals surface area contributed by atoms with E-state index in [1.807, 2.05) is 40.1 Å². The van der Waals surface area contributed by atoms with Gasteiger partial charge in [0.2, 0.25) is 5.91 Å². The minimum Gasteiger partial charge on any atom is -0.335 e. The van der Waals surface area contributed by atoms with E-state index >= 15 is 0 Å². The van der Waals surface area contributed by atoms with E-state index in [4.69, 9.17) is 0 Å². The second-order valence-electron chi connectivity index (χ2n) is 7.59. The van der Waals surface area contributed by atoms with Crippen molar-refractivity contribution in [3.63, 3.8) is 0 Å². The molecule has 1 aromatic carbocycles. The van der Waals surface area contributed by atoms with Gasteiger partial charge in [-0.25, -0.2) is 4.98 Å². The van der Waals surface area contributed by atoms with E-state index in [2.05, 4.69) is 11.6 Å². The summed E-state index contributed by atoms with van der Waals surface area (Å²) in [6.45, 7) is 5.66. The number of likely N-dealkylation sites (tertiary alicyclic amines) is 2. The highest BCUT2D eigenvalue weighted by atomic mass is 16.2. The number of aromatic nitrogens is 1. The molecule has 1 unspecified atom stereocenters. The Morgan fingerprint density at radius 3 is 2.85 bits per heavy atom. The number of piperidine rings is 2. The highest BCUT2D eigenvalue weighted by molar-refractivity contribution is 5.95. The second kappa shape index (κ2) is 7.14. The molecule has 2 amide bonds. The molecule has 5 nitrogen and oxygen atoms in total. The lowest BCUT2D eigenvalue weighted by atomic mass is 9.79. The zero-order valence-corrected chi connectivity index (χ0v) is 15.6. The lowest BCUT2D eigenvalue weighted by Gasteiger charge is -2.51. The van der Waals surface area contributed by atoms with Crippen molar-refractivity contribution in [1.29, 1.82) is 0 Å². The summed E-state index contributed by atoms with van der Waals surface area (Å²) in [5, 5.41) is 1.03. The third kappa shape index (κ3) is 3.22. The molecule has 5 heteroatoms. The Hall–Kier alpha value is -2.69. The average Bonchev–Trinajstić information content (AvgIpc) is 2.70. The average molecular weight is 363 g/mol. The fraction of sp³-hybridized carbons (Fsp3) is 0.409. The molecular weight excluding hydrogens is 338 g/mol. The molecule has 2 saturated heterocycles. The van der Waals surface area contributed by atoms with Crippen molar-refractivity contribution in [1.82, 2.24) is 14.8 Å². The van der Waals surface area contributed by atoms with Crippen LogP contribution in [0.3, 0.4) is 0 Å². The molecule has 1 spiro atoms. The first-order valence-electron chi connectivity index (χ1n) is 9.69. The number of pyridine rings is 1. The molecule has 0 bridgehead atoms. The van der Waals surface area contributed by atoms with Crippen LogP contribution < -0.4 is 0 Å². The summed E-state index contributed by atoms with van der Waals surface area (Å²) >= 11 is 0. The molecule has 2 aromatic rings. The first-order chi connectivity index (χ1) is 13.1. The van der Waals surface area contributed by atoms with Gasteiger partial charge in [-0.1, -0.05) is 30.3 Å². The van der Waals surface area contributed by atoms with Gasteiger partial charge in [0.15, 0.2) is 0 Å². The topological polar surface area (TPSA) is 53.5 Å². The predicted molar refractivity (Wildman–Crippen MR) is 105 cm³/mol. The van der Waals surface area contributed by atoms with Crippen LogP contribution in [0.5, 0.6) is 0 Å². The third-order valence-electron chi connectivity index (χ3n) is 5.88. The Balaban J connectivity index is 1.60. The van der Waals surface area contributed by atoms with Crippen LogP contribution >= 0.6 is 0 Å². The Morgan fingerprint density at radius 1 is 1.19 bits per heavy atom. The van der Waals surface area contributed by atoms with E-state index in [1.165, 1.54) is 0 Å². The normalized spacial score (nSPS) is 23.0. The summed E-state index contributed by atoms with van der Waals surface area (Å²) in [7, 11) is 0. The Kier molecular flexibility index (Phi) is 4.68. The molecule has 1 aromatic heterocycles. The van der Waals surface area contributed by atoms with Crippen molar-refractivity contribution >= 4 is 22.7 Å². The van der Waals surface area contributed by atoms with Gasteiger partial charge >= 0.3 is 0 Å². The number of amides is 2. The first-order valence-corrected chi connectivity index (χ1v) is 9.69. The summed E-state index contributed by atoms with van der Waals surface area (Å²) in [6, 6.07) is 11.6. The van der Waals surface area contributed by atoms with E-state index < -0.39 is 0 Å². The number of rotatable bonds is 3. The third-order valence-corrected chi connectivity index (χ3v) is 5.88. The highest BCUT2D eigenvalue weighted by Gasteiger charge is 2.45. The lowest BCUT2D eigenvalue weighted by Crippen LogP contribution is -2.63. The summed E-state index contributed by atoms with van der Waals surface area (Å²) in [6.07, 6.45) is 6.07. The van der Waals surface area contributed by atoms with E-state index in [1.54, 1.807) is 12.1 Å². The standard InChI is InChI=1S/C22H25N3O2/c1-2-14-25-20(26)9-5-12-22(25)13-6-15-24(16-22)21(27)19-11-10-17-7-3-4-8-18(17)23-19/h2-4,7-8,10-11H,1,5-6,9,12-16H2. The Labute approximate surface area is 159 Å². The Bertz CT molecular complexity index is 890. The van der Waals surface area contributed by atoms with Crippen LogP contribution in [0.15, 0.2) is 49.1 Å². The predicted octanol–water partition coefficient (Wildman–Crippen LogP) is 3.41. The molecule has 0 radical (unpaired) electrons.